The third kappa shape index (κ3) is 1.58. The van der Waals surface area contributed by atoms with Crippen LogP contribution in [0.25, 0.3) is 33.1 Å². The SMILES string of the molecule is Nc1ccc2c(c1)oc1c(-c3ccccc3)cccc12. The first-order valence-electron chi connectivity index (χ1n) is 6.59. The second kappa shape index (κ2) is 4.14. The van der Waals surface area contributed by atoms with Gasteiger partial charge in [0.05, 0.1) is 0 Å². The maximum Gasteiger partial charge on any atom is 0.143 e. The van der Waals surface area contributed by atoms with E-state index in [0.717, 1.165) is 38.8 Å². The van der Waals surface area contributed by atoms with Crippen molar-refractivity contribution >= 4 is 27.6 Å². The van der Waals surface area contributed by atoms with Crippen LogP contribution in [0.1, 0.15) is 0 Å². The van der Waals surface area contributed by atoms with Gasteiger partial charge in [-0.2, -0.15) is 0 Å². The molecule has 0 bridgehead atoms. The lowest BCUT2D eigenvalue weighted by Gasteiger charge is -2.01. The molecule has 0 aliphatic rings. The second-order valence-electron chi connectivity index (χ2n) is 4.91. The Morgan fingerprint density at radius 1 is 0.750 bits per heavy atom. The van der Waals surface area contributed by atoms with Crippen molar-refractivity contribution in [3.05, 3.63) is 66.7 Å². The van der Waals surface area contributed by atoms with Crippen LogP contribution in [0.15, 0.2) is 71.1 Å². The van der Waals surface area contributed by atoms with Gasteiger partial charge < -0.3 is 10.2 Å². The molecular formula is C18H13NO. The van der Waals surface area contributed by atoms with Gasteiger partial charge in [-0.05, 0) is 17.7 Å². The number of furan rings is 1. The summed E-state index contributed by atoms with van der Waals surface area (Å²) in [6.07, 6.45) is 0. The van der Waals surface area contributed by atoms with Crippen molar-refractivity contribution in [2.45, 2.75) is 0 Å². The number of nitrogens with two attached hydrogens (primary N) is 1. The highest BCUT2D eigenvalue weighted by atomic mass is 16.3. The van der Waals surface area contributed by atoms with Crippen molar-refractivity contribution in [1.82, 2.24) is 0 Å². The Balaban J connectivity index is 2.11. The van der Waals surface area contributed by atoms with Crippen LogP contribution in [-0.4, -0.2) is 0 Å². The Morgan fingerprint density at radius 3 is 2.45 bits per heavy atom. The fourth-order valence-corrected chi connectivity index (χ4v) is 2.66. The Bertz CT molecular complexity index is 907. The third-order valence-corrected chi connectivity index (χ3v) is 3.61. The molecule has 0 aliphatic carbocycles. The lowest BCUT2D eigenvalue weighted by atomic mass is 10.0. The average molecular weight is 259 g/mol. The summed E-state index contributed by atoms with van der Waals surface area (Å²) in [4.78, 5) is 0. The smallest absolute Gasteiger partial charge is 0.143 e. The Labute approximate surface area is 116 Å². The summed E-state index contributed by atoms with van der Waals surface area (Å²) in [6.45, 7) is 0. The van der Waals surface area contributed by atoms with Gasteiger partial charge in [0.15, 0.2) is 0 Å². The molecule has 0 amide bonds. The summed E-state index contributed by atoms with van der Waals surface area (Å²) >= 11 is 0. The maximum atomic E-state index is 6.04. The first kappa shape index (κ1) is 11.1. The van der Waals surface area contributed by atoms with Crippen LogP contribution in [0.4, 0.5) is 5.69 Å². The highest BCUT2D eigenvalue weighted by molar-refractivity contribution is 6.10. The molecule has 0 radical (unpaired) electrons. The van der Waals surface area contributed by atoms with Crippen LogP contribution in [-0.2, 0) is 0 Å². The number of hydrogen-bond donors (Lipinski definition) is 1. The van der Waals surface area contributed by atoms with E-state index in [-0.39, 0.29) is 0 Å². The molecule has 0 saturated carbocycles. The average Bonchev–Trinajstić information content (AvgIpc) is 2.85. The summed E-state index contributed by atoms with van der Waals surface area (Å²) in [5.41, 5.74) is 10.6. The number of para-hydroxylation sites is 1. The number of benzene rings is 3. The van der Waals surface area contributed by atoms with Gasteiger partial charge in [0.2, 0.25) is 0 Å². The molecule has 0 saturated heterocycles. The molecule has 2 N–H and O–H groups in total. The number of rotatable bonds is 1. The van der Waals surface area contributed by atoms with E-state index in [0.29, 0.717) is 0 Å². The molecular weight excluding hydrogens is 246 g/mol. The summed E-state index contributed by atoms with van der Waals surface area (Å²) in [7, 11) is 0. The lowest BCUT2D eigenvalue weighted by molar-refractivity contribution is 0.670. The largest absolute Gasteiger partial charge is 0.455 e. The molecule has 0 aliphatic heterocycles. The molecule has 3 aromatic carbocycles. The van der Waals surface area contributed by atoms with Gasteiger partial charge in [-0.3, -0.25) is 0 Å². The first-order chi connectivity index (χ1) is 9.83. The topological polar surface area (TPSA) is 39.2 Å². The molecule has 1 aromatic heterocycles. The van der Waals surface area contributed by atoms with Crippen molar-refractivity contribution in [2.24, 2.45) is 0 Å². The number of hydrogen-bond acceptors (Lipinski definition) is 2. The molecule has 2 heteroatoms. The van der Waals surface area contributed by atoms with E-state index in [1.807, 2.05) is 36.4 Å². The van der Waals surface area contributed by atoms with E-state index in [4.69, 9.17) is 10.2 Å². The molecule has 0 atom stereocenters. The predicted molar refractivity (Wildman–Crippen MR) is 83.6 cm³/mol. The van der Waals surface area contributed by atoms with E-state index in [2.05, 4.69) is 30.3 Å². The first-order valence-corrected chi connectivity index (χ1v) is 6.59. The van der Waals surface area contributed by atoms with Crippen LogP contribution in [0.5, 0.6) is 0 Å². The number of anilines is 1. The van der Waals surface area contributed by atoms with Gasteiger partial charge in [-0.15, -0.1) is 0 Å². The van der Waals surface area contributed by atoms with Gasteiger partial charge in [-0.1, -0.05) is 48.5 Å². The normalized spacial score (nSPS) is 11.2. The molecule has 2 nitrogen and oxygen atoms in total. The minimum atomic E-state index is 0.720. The van der Waals surface area contributed by atoms with E-state index < -0.39 is 0 Å². The highest BCUT2D eigenvalue weighted by Crippen LogP contribution is 2.36. The zero-order chi connectivity index (χ0) is 13.5. The summed E-state index contributed by atoms with van der Waals surface area (Å²) < 4.78 is 6.04. The van der Waals surface area contributed by atoms with E-state index >= 15 is 0 Å². The molecule has 4 rings (SSSR count). The van der Waals surface area contributed by atoms with Crippen molar-refractivity contribution in [1.29, 1.82) is 0 Å². The number of fused-ring (bicyclic) bond motifs is 3. The van der Waals surface area contributed by atoms with Crippen molar-refractivity contribution < 1.29 is 4.42 Å². The fraction of sp³-hybridized carbons (Fsp3) is 0. The van der Waals surface area contributed by atoms with Crippen LogP contribution in [0.2, 0.25) is 0 Å². The third-order valence-electron chi connectivity index (χ3n) is 3.61. The molecule has 0 unspecified atom stereocenters. The minimum Gasteiger partial charge on any atom is -0.455 e. The van der Waals surface area contributed by atoms with Crippen molar-refractivity contribution in [2.75, 3.05) is 5.73 Å². The summed E-state index contributed by atoms with van der Waals surface area (Å²) in [6, 6.07) is 22.3. The molecule has 20 heavy (non-hydrogen) atoms. The predicted octanol–water partition coefficient (Wildman–Crippen LogP) is 4.84. The quantitative estimate of drug-likeness (QED) is 0.497. The Hall–Kier alpha value is -2.74. The van der Waals surface area contributed by atoms with Crippen LogP contribution in [0, 0.1) is 0 Å². The van der Waals surface area contributed by atoms with Gasteiger partial charge in [-0.25, -0.2) is 0 Å². The molecule has 4 aromatic rings. The van der Waals surface area contributed by atoms with E-state index in [9.17, 15) is 0 Å². The van der Waals surface area contributed by atoms with Gasteiger partial charge in [0.1, 0.15) is 11.2 Å². The Morgan fingerprint density at radius 2 is 1.60 bits per heavy atom. The summed E-state index contributed by atoms with van der Waals surface area (Å²) in [5.74, 6) is 0. The monoisotopic (exact) mass is 259 g/mol. The summed E-state index contributed by atoms with van der Waals surface area (Å²) in [5, 5.41) is 2.23. The number of nitrogen functional groups attached to an aromatic ring is 1. The van der Waals surface area contributed by atoms with Crippen molar-refractivity contribution in [3.8, 4) is 11.1 Å². The molecule has 0 spiro atoms. The fourth-order valence-electron chi connectivity index (χ4n) is 2.66. The van der Waals surface area contributed by atoms with Gasteiger partial charge >= 0.3 is 0 Å². The zero-order valence-corrected chi connectivity index (χ0v) is 10.8. The van der Waals surface area contributed by atoms with Crippen LogP contribution >= 0.6 is 0 Å². The molecule has 96 valence electrons. The van der Waals surface area contributed by atoms with E-state index in [1.165, 1.54) is 0 Å². The van der Waals surface area contributed by atoms with Gasteiger partial charge in [0.25, 0.3) is 0 Å². The second-order valence-corrected chi connectivity index (χ2v) is 4.91. The van der Waals surface area contributed by atoms with Crippen molar-refractivity contribution in [3.63, 3.8) is 0 Å². The molecule has 1 heterocycles. The highest BCUT2D eigenvalue weighted by Gasteiger charge is 2.11. The van der Waals surface area contributed by atoms with E-state index in [1.54, 1.807) is 0 Å². The zero-order valence-electron chi connectivity index (χ0n) is 10.8. The maximum absolute atomic E-state index is 6.04. The minimum absolute atomic E-state index is 0.720. The van der Waals surface area contributed by atoms with Crippen LogP contribution < -0.4 is 5.73 Å². The molecule has 0 fully saturated rings. The Kier molecular flexibility index (Phi) is 2.30. The standard InChI is InChI=1S/C18H13NO/c19-13-9-10-15-16-8-4-7-14(12-5-2-1-3-6-12)18(16)20-17(15)11-13/h1-11H,19H2. The van der Waals surface area contributed by atoms with Gasteiger partial charge in [0, 0.05) is 28.1 Å². The van der Waals surface area contributed by atoms with Crippen LogP contribution in [0.3, 0.4) is 0 Å². The lowest BCUT2D eigenvalue weighted by Crippen LogP contribution is -1.81.